The standard InChI is InChI=1S/C32H33N5O4S/c1-20-5-8-23(9-6-20)37-31-28(30(35-37)32(2,3)4)29(22-7-10-24-25(15-22)41-19-40-24)42-18-27(39)36(31)17-26(38)34-16-21-11-13-33-14-12-21/h5-15,29H,16-19H2,1-4H3,(H,34,38)/t29-/m0/s1. The normalized spacial score (nSPS) is 16.2. The van der Waals surface area contributed by atoms with Crippen LogP contribution in [0.3, 0.4) is 0 Å². The molecule has 1 N–H and O–H groups in total. The molecule has 2 aliphatic heterocycles. The topological polar surface area (TPSA) is 98.6 Å². The van der Waals surface area contributed by atoms with Crippen molar-refractivity contribution in [2.45, 2.75) is 44.9 Å². The summed E-state index contributed by atoms with van der Waals surface area (Å²) in [4.78, 5) is 32.9. The van der Waals surface area contributed by atoms with Gasteiger partial charge in [-0.25, -0.2) is 4.68 Å². The second kappa shape index (κ2) is 11.2. The number of hydrogen-bond donors (Lipinski definition) is 1. The molecule has 2 amide bonds. The number of fused-ring (bicyclic) bond motifs is 2. The molecule has 0 spiro atoms. The Morgan fingerprint density at radius 2 is 1.79 bits per heavy atom. The van der Waals surface area contributed by atoms with Crippen molar-refractivity contribution in [3.8, 4) is 17.2 Å². The Balaban J connectivity index is 1.48. The van der Waals surface area contributed by atoms with Crippen molar-refractivity contribution in [3.05, 3.63) is 94.9 Å². The minimum Gasteiger partial charge on any atom is -0.454 e. The zero-order chi connectivity index (χ0) is 29.4. The number of aryl methyl sites for hydroxylation is 1. The third kappa shape index (κ3) is 5.46. The van der Waals surface area contributed by atoms with Crippen LogP contribution in [-0.2, 0) is 21.5 Å². The lowest BCUT2D eigenvalue weighted by molar-refractivity contribution is -0.123. The van der Waals surface area contributed by atoms with Gasteiger partial charge in [0, 0.05) is 29.9 Å². The monoisotopic (exact) mass is 583 g/mol. The van der Waals surface area contributed by atoms with Gasteiger partial charge in [-0.2, -0.15) is 5.10 Å². The maximum Gasteiger partial charge on any atom is 0.240 e. The lowest BCUT2D eigenvalue weighted by Gasteiger charge is -2.24. The van der Waals surface area contributed by atoms with Crippen LogP contribution in [0.1, 0.15) is 54.0 Å². The number of pyridine rings is 1. The van der Waals surface area contributed by atoms with Crippen LogP contribution in [0.5, 0.6) is 11.5 Å². The molecule has 0 saturated heterocycles. The quantitative estimate of drug-likeness (QED) is 0.338. The molecule has 2 aromatic carbocycles. The molecule has 4 heterocycles. The Hall–Kier alpha value is -4.31. The number of ether oxygens (including phenoxy) is 2. The average molecular weight is 584 g/mol. The van der Waals surface area contributed by atoms with Crippen LogP contribution in [0.25, 0.3) is 5.69 Å². The number of benzene rings is 2. The van der Waals surface area contributed by atoms with Gasteiger partial charge in [0.1, 0.15) is 12.4 Å². The highest BCUT2D eigenvalue weighted by atomic mass is 32.2. The molecule has 1 atom stereocenters. The highest BCUT2D eigenvalue weighted by Crippen LogP contribution is 2.49. The van der Waals surface area contributed by atoms with Crippen molar-refractivity contribution in [3.63, 3.8) is 0 Å². The van der Waals surface area contributed by atoms with E-state index < -0.39 is 0 Å². The van der Waals surface area contributed by atoms with Gasteiger partial charge in [-0.05, 0) is 54.4 Å². The van der Waals surface area contributed by atoms with E-state index in [1.54, 1.807) is 17.3 Å². The number of aromatic nitrogens is 3. The fraction of sp³-hybridized carbons (Fsp3) is 0.312. The van der Waals surface area contributed by atoms with Crippen molar-refractivity contribution < 1.29 is 19.1 Å². The predicted molar refractivity (Wildman–Crippen MR) is 162 cm³/mol. The van der Waals surface area contributed by atoms with Gasteiger partial charge in [0.2, 0.25) is 18.6 Å². The van der Waals surface area contributed by atoms with Crippen molar-refractivity contribution in [2.75, 3.05) is 24.0 Å². The molecule has 6 rings (SSSR count). The first kappa shape index (κ1) is 27.8. The molecule has 0 unspecified atom stereocenters. The van der Waals surface area contributed by atoms with Crippen molar-refractivity contribution >= 4 is 29.4 Å². The SMILES string of the molecule is Cc1ccc(-n2nc(C(C)(C)C)c3c2N(CC(=O)NCc2ccncc2)C(=O)CS[C@H]3c2ccc3c(c2)OCO3)cc1. The first-order chi connectivity index (χ1) is 20.2. The highest BCUT2D eigenvalue weighted by molar-refractivity contribution is 8.00. The Labute approximate surface area is 249 Å². The molecule has 9 nitrogen and oxygen atoms in total. The largest absolute Gasteiger partial charge is 0.454 e. The molecule has 10 heteroatoms. The number of nitrogens with one attached hydrogen (secondary N) is 1. The fourth-order valence-electron chi connectivity index (χ4n) is 5.18. The second-order valence-electron chi connectivity index (χ2n) is 11.5. The molecule has 0 radical (unpaired) electrons. The maximum absolute atomic E-state index is 13.9. The summed E-state index contributed by atoms with van der Waals surface area (Å²) in [5, 5.41) is 7.89. The second-order valence-corrected chi connectivity index (χ2v) is 12.6. The fourth-order valence-corrected chi connectivity index (χ4v) is 6.37. The van der Waals surface area contributed by atoms with Crippen LogP contribution in [-0.4, -0.2) is 45.7 Å². The summed E-state index contributed by atoms with van der Waals surface area (Å²) < 4.78 is 13.1. The van der Waals surface area contributed by atoms with E-state index in [9.17, 15) is 9.59 Å². The van der Waals surface area contributed by atoms with Crippen LogP contribution in [0.15, 0.2) is 67.0 Å². The molecule has 42 heavy (non-hydrogen) atoms. The van der Waals surface area contributed by atoms with E-state index >= 15 is 0 Å². The number of rotatable bonds is 6. The van der Waals surface area contributed by atoms with Crippen LogP contribution in [0.4, 0.5) is 5.82 Å². The number of carbonyl (C=O) groups excluding carboxylic acids is 2. The summed E-state index contributed by atoms with van der Waals surface area (Å²) >= 11 is 1.54. The highest BCUT2D eigenvalue weighted by Gasteiger charge is 2.40. The van der Waals surface area contributed by atoms with Gasteiger partial charge in [-0.15, -0.1) is 11.8 Å². The average Bonchev–Trinajstić information content (AvgIpc) is 3.58. The van der Waals surface area contributed by atoms with Crippen LogP contribution in [0, 0.1) is 6.92 Å². The van der Waals surface area contributed by atoms with Crippen molar-refractivity contribution in [2.24, 2.45) is 0 Å². The molecule has 216 valence electrons. The predicted octanol–water partition coefficient (Wildman–Crippen LogP) is 5.09. The third-order valence-electron chi connectivity index (χ3n) is 7.32. The van der Waals surface area contributed by atoms with E-state index in [0.717, 1.165) is 33.6 Å². The van der Waals surface area contributed by atoms with E-state index in [4.69, 9.17) is 14.6 Å². The lowest BCUT2D eigenvalue weighted by Crippen LogP contribution is -2.42. The van der Waals surface area contributed by atoms with Crippen molar-refractivity contribution in [1.29, 1.82) is 0 Å². The van der Waals surface area contributed by atoms with Gasteiger partial charge in [0.15, 0.2) is 11.5 Å². The molecule has 0 aliphatic carbocycles. The minimum atomic E-state index is -0.349. The molecular weight excluding hydrogens is 550 g/mol. The van der Waals surface area contributed by atoms with E-state index in [1.165, 1.54) is 11.8 Å². The van der Waals surface area contributed by atoms with Gasteiger partial charge in [-0.1, -0.05) is 44.5 Å². The van der Waals surface area contributed by atoms with Crippen LogP contribution in [0.2, 0.25) is 0 Å². The van der Waals surface area contributed by atoms with E-state index in [1.807, 2.05) is 66.2 Å². The van der Waals surface area contributed by atoms with Gasteiger partial charge in [-0.3, -0.25) is 19.5 Å². The summed E-state index contributed by atoms with van der Waals surface area (Å²) in [5.74, 6) is 1.78. The Kier molecular flexibility index (Phi) is 7.40. The summed E-state index contributed by atoms with van der Waals surface area (Å²) in [6.07, 6.45) is 3.38. The summed E-state index contributed by atoms with van der Waals surface area (Å²) in [6, 6.07) is 17.7. The smallest absolute Gasteiger partial charge is 0.240 e. The molecule has 0 bridgehead atoms. The maximum atomic E-state index is 13.9. The zero-order valence-corrected chi connectivity index (χ0v) is 24.9. The van der Waals surface area contributed by atoms with Gasteiger partial charge >= 0.3 is 0 Å². The minimum absolute atomic E-state index is 0.132. The number of thioether (sulfide) groups is 1. The van der Waals surface area contributed by atoms with Crippen LogP contribution < -0.4 is 19.7 Å². The summed E-state index contributed by atoms with van der Waals surface area (Å²) in [5.41, 5.74) is 5.28. The Morgan fingerprint density at radius 3 is 2.52 bits per heavy atom. The molecule has 2 aliphatic rings. The van der Waals surface area contributed by atoms with Gasteiger partial charge in [0.25, 0.3) is 0 Å². The van der Waals surface area contributed by atoms with Gasteiger partial charge in [0.05, 0.1) is 22.4 Å². The Bertz CT molecular complexity index is 1630. The van der Waals surface area contributed by atoms with E-state index in [2.05, 4.69) is 31.1 Å². The molecule has 0 saturated carbocycles. The first-order valence-electron chi connectivity index (χ1n) is 13.9. The number of carbonyl (C=O) groups is 2. The zero-order valence-electron chi connectivity index (χ0n) is 24.1. The number of hydrogen-bond acceptors (Lipinski definition) is 7. The number of anilines is 1. The molecule has 4 aromatic rings. The third-order valence-corrected chi connectivity index (χ3v) is 8.57. The summed E-state index contributed by atoms with van der Waals surface area (Å²) in [7, 11) is 0. The van der Waals surface area contributed by atoms with Gasteiger partial charge < -0.3 is 14.8 Å². The van der Waals surface area contributed by atoms with E-state index in [-0.39, 0.29) is 41.6 Å². The first-order valence-corrected chi connectivity index (χ1v) is 14.9. The number of amides is 2. The lowest BCUT2D eigenvalue weighted by atomic mass is 9.87. The van der Waals surface area contributed by atoms with Crippen molar-refractivity contribution in [1.82, 2.24) is 20.1 Å². The van der Waals surface area contributed by atoms with Crippen LogP contribution >= 0.6 is 11.8 Å². The summed E-state index contributed by atoms with van der Waals surface area (Å²) in [6.45, 7) is 8.78. The Morgan fingerprint density at radius 1 is 1.05 bits per heavy atom. The number of nitrogens with zero attached hydrogens (tertiary/aromatic N) is 4. The van der Waals surface area contributed by atoms with E-state index in [0.29, 0.717) is 23.9 Å². The molecular formula is C32H33N5O4S. The molecule has 2 aromatic heterocycles. The molecule has 0 fully saturated rings.